The number of nitrogens with zero attached hydrogens (tertiary/aromatic N) is 5. The molecule has 3 saturated carbocycles. The fourth-order valence-corrected chi connectivity index (χ4v) is 9.36. The van der Waals surface area contributed by atoms with Gasteiger partial charge in [0.25, 0.3) is 0 Å². The maximum atomic E-state index is 13.0. The lowest BCUT2D eigenvalue weighted by atomic mass is 9.33. The molecule has 4 fully saturated rings. The normalized spacial score (nSPS) is 24.3. The number of alkyl carbamates (subject to hydrolysis) is 1. The molecule has 1 aromatic carbocycles. The van der Waals surface area contributed by atoms with Gasteiger partial charge in [-0.25, -0.2) is 14.8 Å². The van der Waals surface area contributed by atoms with Crippen LogP contribution in [0.2, 0.25) is 0 Å². The van der Waals surface area contributed by atoms with Crippen molar-refractivity contribution in [3.8, 4) is 6.07 Å². The maximum Gasteiger partial charge on any atom is 0.408 e. The van der Waals surface area contributed by atoms with Gasteiger partial charge in [-0.3, -0.25) is 4.90 Å². The van der Waals surface area contributed by atoms with Crippen molar-refractivity contribution in [3.63, 3.8) is 0 Å². The molecule has 4 aromatic rings. The van der Waals surface area contributed by atoms with Crippen LogP contribution in [0.25, 0.3) is 21.1 Å². The first-order valence-corrected chi connectivity index (χ1v) is 17.7. The Balaban J connectivity index is 0.983. The molecule has 0 radical (unpaired) electrons. The van der Waals surface area contributed by atoms with E-state index in [-0.39, 0.29) is 33.9 Å². The minimum atomic E-state index is -4.26. The Morgan fingerprint density at radius 3 is 2.53 bits per heavy atom. The van der Waals surface area contributed by atoms with E-state index in [0.717, 1.165) is 74.1 Å². The molecule has 8 rings (SSSR count). The SMILES string of the molecule is Cc1c(CN2CCC(Nc3ncnc4sc(CC(F)(F)F)cc34)CC2)ccc2c1cc(C#N)n2CC12CC(NC(=O)OC(C)(C)C)(C1)[C@H]2C. The average molecular weight is 694 g/mol. The van der Waals surface area contributed by atoms with Crippen LogP contribution in [0.1, 0.15) is 75.1 Å². The fraction of sp³-hybridized carbons (Fsp3) is 0.556. The maximum absolute atomic E-state index is 13.0. The number of carbonyl (C=O) groups excluding carboxylic acids is 1. The van der Waals surface area contributed by atoms with E-state index >= 15 is 0 Å². The molecule has 260 valence electrons. The number of ether oxygens (including phenoxy) is 1. The summed E-state index contributed by atoms with van der Waals surface area (Å²) in [7, 11) is 0. The van der Waals surface area contributed by atoms with Crippen molar-refractivity contribution in [1.29, 1.82) is 5.26 Å². The van der Waals surface area contributed by atoms with Crippen LogP contribution in [0.15, 0.2) is 30.6 Å². The van der Waals surface area contributed by atoms with Gasteiger partial charge < -0.3 is 19.9 Å². The number of anilines is 1. The summed E-state index contributed by atoms with van der Waals surface area (Å²) in [6.45, 7) is 13.2. The molecule has 2 bridgehead atoms. The molecule has 1 aliphatic heterocycles. The number of alkyl halides is 3. The Labute approximate surface area is 287 Å². The third kappa shape index (κ3) is 6.34. The van der Waals surface area contributed by atoms with Crippen molar-refractivity contribution in [2.75, 3.05) is 18.4 Å². The minimum absolute atomic E-state index is 0.0455. The van der Waals surface area contributed by atoms with Gasteiger partial charge in [0.05, 0.1) is 11.8 Å². The number of aromatic nitrogens is 3. The number of amides is 1. The summed E-state index contributed by atoms with van der Waals surface area (Å²) in [5.74, 6) is 0.877. The zero-order valence-electron chi connectivity index (χ0n) is 28.5. The Morgan fingerprint density at radius 2 is 1.88 bits per heavy atom. The van der Waals surface area contributed by atoms with E-state index in [0.29, 0.717) is 21.7 Å². The number of hydrogen-bond acceptors (Lipinski definition) is 8. The van der Waals surface area contributed by atoms with Crippen LogP contribution in [0, 0.1) is 29.6 Å². The van der Waals surface area contributed by atoms with Gasteiger partial charge in [0.15, 0.2) is 0 Å². The average Bonchev–Trinajstić information content (AvgIpc) is 3.58. The summed E-state index contributed by atoms with van der Waals surface area (Å²) in [6, 6.07) is 10.5. The molecule has 13 heteroatoms. The van der Waals surface area contributed by atoms with Crippen molar-refractivity contribution in [2.45, 2.75) is 103 Å². The van der Waals surface area contributed by atoms with E-state index in [4.69, 9.17) is 4.74 Å². The molecule has 1 saturated heterocycles. The molecule has 0 spiro atoms. The molecular formula is C36H42F3N7O2S. The molecule has 4 aliphatic rings. The van der Waals surface area contributed by atoms with Gasteiger partial charge in [-0.1, -0.05) is 13.0 Å². The van der Waals surface area contributed by atoms with Crippen LogP contribution >= 0.6 is 11.3 Å². The van der Waals surface area contributed by atoms with Gasteiger partial charge in [0, 0.05) is 53.5 Å². The first kappa shape index (κ1) is 33.6. The Hall–Kier alpha value is -3.89. The number of likely N-dealkylation sites (tertiary alicyclic amines) is 1. The summed E-state index contributed by atoms with van der Waals surface area (Å²) in [6.07, 6.45) is -0.669. The summed E-state index contributed by atoms with van der Waals surface area (Å²) < 4.78 is 46.6. The number of rotatable bonds is 8. The second-order valence-corrected chi connectivity index (χ2v) is 16.5. The number of hydrogen-bond donors (Lipinski definition) is 2. The Kier molecular flexibility index (Phi) is 8.14. The van der Waals surface area contributed by atoms with Crippen molar-refractivity contribution in [3.05, 3.63) is 52.3 Å². The van der Waals surface area contributed by atoms with E-state index in [9.17, 15) is 23.2 Å². The van der Waals surface area contributed by atoms with E-state index in [1.54, 1.807) is 6.07 Å². The zero-order chi connectivity index (χ0) is 34.9. The van der Waals surface area contributed by atoms with Gasteiger partial charge in [-0.05, 0) is 94.0 Å². The van der Waals surface area contributed by atoms with Gasteiger partial charge in [-0.15, -0.1) is 11.3 Å². The zero-order valence-corrected chi connectivity index (χ0v) is 29.3. The van der Waals surface area contributed by atoms with Gasteiger partial charge in [0.1, 0.15) is 34.3 Å². The number of nitrogens with one attached hydrogen (secondary N) is 2. The molecule has 49 heavy (non-hydrogen) atoms. The molecular weight excluding hydrogens is 652 g/mol. The Bertz CT molecular complexity index is 1960. The largest absolute Gasteiger partial charge is 0.444 e. The highest BCUT2D eigenvalue weighted by Crippen LogP contribution is 2.72. The lowest BCUT2D eigenvalue weighted by Crippen LogP contribution is -2.81. The van der Waals surface area contributed by atoms with E-state index in [2.05, 4.69) is 62.1 Å². The number of thiophene rings is 1. The van der Waals surface area contributed by atoms with Crippen molar-refractivity contribution in [2.24, 2.45) is 11.3 Å². The smallest absolute Gasteiger partial charge is 0.408 e. The molecule has 3 aliphatic carbocycles. The first-order chi connectivity index (χ1) is 23.1. The second kappa shape index (κ2) is 11.9. The molecule has 3 aromatic heterocycles. The van der Waals surface area contributed by atoms with Gasteiger partial charge in [0.2, 0.25) is 0 Å². The number of halogens is 3. The summed E-state index contributed by atoms with van der Waals surface area (Å²) in [5.41, 5.74) is 3.40. The van der Waals surface area contributed by atoms with Gasteiger partial charge >= 0.3 is 12.3 Å². The quantitative estimate of drug-likeness (QED) is 0.195. The Morgan fingerprint density at radius 1 is 1.14 bits per heavy atom. The summed E-state index contributed by atoms with van der Waals surface area (Å²) in [4.78, 5) is 24.3. The lowest BCUT2D eigenvalue weighted by molar-refractivity contribution is -0.225. The molecule has 9 nitrogen and oxygen atoms in total. The molecule has 0 unspecified atom stereocenters. The minimum Gasteiger partial charge on any atom is -0.444 e. The number of carbonyl (C=O) groups is 1. The van der Waals surface area contributed by atoms with E-state index in [1.165, 1.54) is 17.5 Å². The molecule has 1 atom stereocenters. The molecule has 2 N–H and O–H groups in total. The molecule has 4 heterocycles. The standard InChI is InChI=1S/C36H42F3N7O2S/c1-21-23(16-45-10-8-24(9-11-45)43-30-28-13-26(14-36(37,38)39)49-31(28)42-20-41-30)6-7-29-27(21)12-25(15-40)46(29)19-34-17-35(18-34,22(34)2)44-32(47)48-33(3,4)5/h6-7,12-13,20,22,24H,8-11,14,16-19H2,1-5H3,(H,44,47)(H,41,42,43)/t22-,34?,35?/m0/s1. The summed E-state index contributed by atoms with van der Waals surface area (Å²) >= 11 is 1.06. The number of aryl methyl sites for hydroxylation is 1. The number of nitriles is 1. The van der Waals surface area contributed by atoms with Crippen molar-refractivity contribution in [1.82, 2.24) is 24.8 Å². The fourth-order valence-electron chi connectivity index (χ4n) is 8.34. The van der Waals surface area contributed by atoms with Crippen LogP contribution in [0.3, 0.4) is 0 Å². The highest BCUT2D eigenvalue weighted by molar-refractivity contribution is 7.18. The highest BCUT2D eigenvalue weighted by atomic mass is 32.1. The van der Waals surface area contributed by atoms with E-state index in [1.807, 2.05) is 26.8 Å². The van der Waals surface area contributed by atoms with Gasteiger partial charge in [-0.2, -0.15) is 18.4 Å². The highest BCUT2D eigenvalue weighted by Gasteiger charge is 2.74. The number of piperidine rings is 1. The predicted octanol–water partition coefficient (Wildman–Crippen LogP) is 7.70. The third-order valence-corrected chi connectivity index (χ3v) is 12.0. The van der Waals surface area contributed by atoms with Crippen LogP contribution in [-0.2, 0) is 24.2 Å². The van der Waals surface area contributed by atoms with Crippen LogP contribution in [0.4, 0.5) is 23.8 Å². The van der Waals surface area contributed by atoms with E-state index < -0.39 is 18.2 Å². The van der Waals surface area contributed by atoms with Crippen LogP contribution in [0.5, 0.6) is 0 Å². The second-order valence-electron chi connectivity index (χ2n) is 15.4. The van der Waals surface area contributed by atoms with Crippen molar-refractivity contribution < 1.29 is 22.7 Å². The molecule has 1 amide bonds. The topological polar surface area (TPSA) is 108 Å². The van der Waals surface area contributed by atoms with Crippen molar-refractivity contribution >= 4 is 44.4 Å². The first-order valence-electron chi connectivity index (χ1n) is 16.9. The number of benzene rings is 1. The number of fused-ring (bicyclic) bond motifs is 2. The predicted molar refractivity (Wildman–Crippen MR) is 183 cm³/mol. The lowest BCUT2D eigenvalue weighted by Gasteiger charge is -2.75. The van der Waals surface area contributed by atoms with Crippen LogP contribution < -0.4 is 10.6 Å². The summed E-state index contributed by atoms with van der Waals surface area (Å²) in [5, 5.41) is 18.5. The third-order valence-electron chi connectivity index (χ3n) is 11.0. The monoisotopic (exact) mass is 693 g/mol. The van der Waals surface area contributed by atoms with Crippen LogP contribution in [-0.4, -0.2) is 62.0 Å².